The van der Waals surface area contributed by atoms with Crippen LogP contribution >= 0.6 is 11.3 Å². The highest BCUT2D eigenvalue weighted by atomic mass is 32.1. The fourth-order valence-electron chi connectivity index (χ4n) is 3.24. The molecule has 1 fully saturated rings. The van der Waals surface area contributed by atoms with Gasteiger partial charge in [0.1, 0.15) is 0 Å². The quantitative estimate of drug-likeness (QED) is 0.763. The molecule has 0 aliphatic carbocycles. The van der Waals surface area contributed by atoms with E-state index in [0.29, 0.717) is 5.41 Å². The van der Waals surface area contributed by atoms with Gasteiger partial charge in [0.25, 0.3) is 0 Å². The lowest BCUT2D eigenvalue weighted by atomic mass is 9.74. The van der Waals surface area contributed by atoms with E-state index in [1.807, 2.05) is 11.3 Å². The number of hydrogen-bond acceptors (Lipinski definition) is 3. The second-order valence-corrected chi connectivity index (χ2v) is 7.61. The Hall–Kier alpha value is -0.380. The highest BCUT2D eigenvalue weighted by molar-refractivity contribution is 7.11. The van der Waals surface area contributed by atoms with Gasteiger partial charge in [-0.1, -0.05) is 26.7 Å². The maximum absolute atomic E-state index is 3.58. The van der Waals surface area contributed by atoms with Gasteiger partial charge in [-0.2, -0.15) is 0 Å². The predicted molar refractivity (Wildman–Crippen MR) is 89.5 cm³/mol. The van der Waals surface area contributed by atoms with Gasteiger partial charge in [-0.15, -0.1) is 11.3 Å². The molecule has 3 heteroatoms. The second kappa shape index (κ2) is 7.58. The van der Waals surface area contributed by atoms with E-state index in [1.165, 1.54) is 55.1 Å². The Labute approximate surface area is 128 Å². The minimum absolute atomic E-state index is 0.651. The summed E-state index contributed by atoms with van der Waals surface area (Å²) >= 11 is 1.90. The molecule has 2 heterocycles. The highest BCUT2D eigenvalue weighted by Crippen LogP contribution is 2.37. The number of likely N-dealkylation sites (tertiary alicyclic amines) is 1. The molecule has 1 saturated heterocycles. The minimum Gasteiger partial charge on any atom is -0.311 e. The second-order valence-electron chi connectivity index (χ2n) is 6.24. The molecule has 114 valence electrons. The lowest BCUT2D eigenvalue weighted by Crippen LogP contribution is -2.42. The van der Waals surface area contributed by atoms with Crippen molar-refractivity contribution >= 4 is 11.3 Å². The molecule has 0 unspecified atom stereocenters. The molecule has 0 amide bonds. The summed E-state index contributed by atoms with van der Waals surface area (Å²) in [7, 11) is 0. The van der Waals surface area contributed by atoms with Crippen LogP contribution in [0.4, 0.5) is 0 Å². The monoisotopic (exact) mass is 294 g/mol. The van der Waals surface area contributed by atoms with Crippen LogP contribution in [0.2, 0.25) is 0 Å². The molecule has 1 N–H and O–H groups in total. The maximum atomic E-state index is 3.58. The summed E-state index contributed by atoms with van der Waals surface area (Å²) in [5, 5.41) is 3.58. The molecule has 1 aromatic heterocycles. The van der Waals surface area contributed by atoms with Crippen molar-refractivity contribution in [3.8, 4) is 0 Å². The Bertz CT molecular complexity index is 385. The van der Waals surface area contributed by atoms with Crippen LogP contribution in [-0.2, 0) is 6.54 Å². The van der Waals surface area contributed by atoms with Gasteiger partial charge in [0, 0.05) is 29.4 Å². The van der Waals surface area contributed by atoms with E-state index in [9.17, 15) is 0 Å². The van der Waals surface area contributed by atoms with Gasteiger partial charge in [-0.3, -0.25) is 0 Å². The van der Waals surface area contributed by atoms with Crippen molar-refractivity contribution < 1.29 is 0 Å². The van der Waals surface area contributed by atoms with Crippen LogP contribution in [0.25, 0.3) is 0 Å². The number of piperidine rings is 1. The van der Waals surface area contributed by atoms with E-state index in [-0.39, 0.29) is 0 Å². The van der Waals surface area contributed by atoms with Crippen LogP contribution in [0.3, 0.4) is 0 Å². The summed E-state index contributed by atoms with van der Waals surface area (Å²) in [6, 6.07) is 4.45. The van der Waals surface area contributed by atoms with Crippen molar-refractivity contribution in [2.45, 2.75) is 53.0 Å². The van der Waals surface area contributed by atoms with Gasteiger partial charge in [0.05, 0.1) is 0 Å². The van der Waals surface area contributed by atoms with E-state index in [1.54, 1.807) is 0 Å². The highest BCUT2D eigenvalue weighted by Gasteiger charge is 2.30. The number of thiophene rings is 1. The number of nitrogens with one attached hydrogen (secondary N) is 1. The molecule has 2 rings (SSSR count). The van der Waals surface area contributed by atoms with Crippen LogP contribution in [0.1, 0.15) is 49.3 Å². The number of aryl methyl sites for hydroxylation is 1. The van der Waals surface area contributed by atoms with Crippen molar-refractivity contribution in [3.05, 3.63) is 21.9 Å². The van der Waals surface area contributed by atoms with Crippen LogP contribution in [0, 0.1) is 12.3 Å². The van der Waals surface area contributed by atoms with Gasteiger partial charge >= 0.3 is 0 Å². The first-order chi connectivity index (χ1) is 9.67. The molecule has 1 aromatic rings. The molecule has 0 atom stereocenters. The molecule has 1 aliphatic rings. The van der Waals surface area contributed by atoms with Crippen LogP contribution in [0.15, 0.2) is 12.1 Å². The van der Waals surface area contributed by atoms with Crippen molar-refractivity contribution in [2.75, 3.05) is 26.2 Å². The van der Waals surface area contributed by atoms with E-state index in [0.717, 1.165) is 13.1 Å². The zero-order valence-electron chi connectivity index (χ0n) is 13.4. The van der Waals surface area contributed by atoms with Crippen molar-refractivity contribution in [1.29, 1.82) is 0 Å². The maximum Gasteiger partial charge on any atom is 0.0300 e. The van der Waals surface area contributed by atoms with Crippen LogP contribution in [-0.4, -0.2) is 31.1 Å². The normalized spacial score (nSPS) is 19.4. The van der Waals surface area contributed by atoms with E-state index in [4.69, 9.17) is 0 Å². The molecule has 0 saturated carbocycles. The summed E-state index contributed by atoms with van der Waals surface area (Å²) < 4.78 is 0. The molecule has 20 heavy (non-hydrogen) atoms. The van der Waals surface area contributed by atoms with E-state index < -0.39 is 0 Å². The lowest BCUT2D eigenvalue weighted by Gasteiger charge is -2.41. The number of hydrogen-bond donors (Lipinski definition) is 1. The Morgan fingerprint density at radius 3 is 2.45 bits per heavy atom. The first kappa shape index (κ1) is 16.0. The summed E-state index contributed by atoms with van der Waals surface area (Å²) in [5.74, 6) is 0. The Balaban J connectivity index is 1.61. The average molecular weight is 295 g/mol. The van der Waals surface area contributed by atoms with Crippen molar-refractivity contribution in [1.82, 2.24) is 10.2 Å². The molecule has 0 bridgehead atoms. The molecule has 0 radical (unpaired) electrons. The SMILES string of the molecule is CCC1(CC)CCN(CCNCc2ccc(C)s2)CC1. The Morgan fingerprint density at radius 2 is 1.90 bits per heavy atom. The van der Waals surface area contributed by atoms with Gasteiger partial charge < -0.3 is 10.2 Å². The molecule has 0 aromatic carbocycles. The Kier molecular flexibility index (Phi) is 6.06. The summed E-state index contributed by atoms with van der Waals surface area (Å²) in [6.07, 6.45) is 5.49. The third-order valence-corrected chi connectivity index (χ3v) is 6.12. The van der Waals surface area contributed by atoms with Gasteiger partial charge in [0.2, 0.25) is 0 Å². The van der Waals surface area contributed by atoms with Crippen molar-refractivity contribution in [3.63, 3.8) is 0 Å². The van der Waals surface area contributed by atoms with Crippen molar-refractivity contribution in [2.24, 2.45) is 5.41 Å². The topological polar surface area (TPSA) is 15.3 Å². The number of nitrogens with zero attached hydrogens (tertiary/aromatic N) is 1. The van der Waals surface area contributed by atoms with E-state index in [2.05, 4.69) is 43.1 Å². The summed E-state index contributed by atoms with van der Waals surface area (Å²) in [6.45, 7) is 12.8. The fourth-order valence-corrected chi connectivity index (χ4v) is 4.10. The lowest BCUT2D eigenvalue weighted by molar-refractivity contribution is 0.0960. The average Bonchev–Trinajstić information content (AvgIpc) is 2.90. The smallest absolute Gasteiger partial charge is 0.0300 e. The third kappa shape index (κ3) is 4.31. The fraction of sp³-hybridized carbons (Fsp3) is 0.765. The Morgan fingerprint density at radius 1 is 1.20 bits per heavy atom. The van der Waals surface area contributed by atoms with Crippen LogP contribution < -0.4 is 5.32 Å². The first-order valence-corrected chi connectivity index (χ1v) is 8.97. The standard InChI is InChI=1S/C17H30N2S/c1-4-17(5-2)8-11-19(12-9-17)13-10-18-14-16-7-6-15(3)20-16/h6-7,18H,4-5,8-14H2,1-3H3. The minimum atomic E-state index is 0.651. The largest absolute Gasteiger partial charge is 0.311 e. The third-order valence-electron chi connectivity index (χ3n) is 5.12. The molecule has 1 aliphatic heterocycles. The van der Waals surface area contributed by atoms with Gasteiger partial charge in [-0.05, 0) is 50.4 Å². The van der Waals surface area contributed by atoms with Gasteiger partial charge in [-0.25, -0.2) is 0 Å². The van der Waals surface area contributed by atoms with Gasteiger partial charge in [0.15, 0.2) is 0 Å². The molecular formula is C17H30N2S. The zero-order chi connectivity index (χ0) is 14.4. The summed E-state index contributed by atoms with van der Waals surface area (Å²) in [5.41, 5.74) is 0.651. The first-order valence-electron chi connectivity index (χ1n) is 8.16. The molecule has 2 nitrogen and oxygen atoms in total. The summed E-state index contributed by atoms with van der Waals surface area (Å²) in [4.78, 5) is 5.50. The zero-order valence-corrected chi connectivity index (χ0v) is 14.2. The number of rotatable bonds is 7. The van der Waals surface area contributed by atoms with E-state index >= 15 is 0 Å². The predicted octanol–water partition coefficient (Wildman–Crippen LogP) is 4.05. The molecule has 0 spiro atoms. The molecular weight excluding hydrogens is 264 g/mol. The van der Waals surface area contributed by atoms with Crippen LogP contribution in [0.5, 0.6) is 0 Å².